The molecule has 0 spiro atoms. The van der Waals surface area contributed by atoms with Gasteiger partial charge in [0.25, 0.3) is 5.91 Å². The van der Waals surface area contributed by atoms with Crippen LogP contribution in [0.2, 0.25) is 0 Å². The van der Waals surface area contributed by atoms with Gasteiger partial charge in [-0.3, -0.25) is 9.59 Å². The topological polar surface area (TPSA) is 71.1 Å². The van der Waals surface area contributed by atoms with Gasteiger partial charge in [-0.05, 0) is 12.1 Å². The third-order valence-corrected chi connectivity index (χ3v) is 3.74. The van der Waals surface area contributed by atoms with Gasteiger partial charge in [0.15, 0.2) is 0 Å². The van der Waals surface area contributed by atoms with Gasteiger partial charge in [-0.1, -0.05) is 12.1 Å². The molecule has 7 heteroatoms. The lowest BCUT2D eigenvalue weighted by Gasteiger charge is -2.06. The smallest absolute Gasteiger partial charge is 0.254 e. The number of benzene rings is 1. The summed E-state index contributed by atoms with van der Waals surface area (Å²) in [6, 6.07) is 5.73. The van der Waals surface area contributed by atoms with E-state index in [9.17, 15) is 14.0 Å². The molecule has 0 atom stereocenters. The maximum atomic E-state index is 13.4. The monoisotopic (exact) mass is 321 g/mol. The van der Waals surface area contributed by atoms with Crippen molar-refractivity contribution in [2.45, 2.75) is 12.8 Å². The first-order valence-electron chi connectivity index (χ1n) is 6.84. The van der Waals surface area contributed by atoms with Crippen molar-refractivity contribution in [3.63, 3.8) is 0 Å². The quantitative estimate of drug-likeness (QED) is 0.816. The Kier molecular flexibility index (Phi) is 6.02. The van der Waals surface area contributed by atoms with Crippen LogP contribution in [0.15, 0.2) is 35.8 Å². The van der Waals surface area contributed by atoms with Crippen LogP contribution in [0.1, 0.15) is 21.8 Å². The van der Waals surface area contributed by atoms with Crippen molar-refractivity contribution in [3.05, 3.63) is 52.2 Å². The number of hydrogen-bond acceptors (Lipinski definition) is 4. The van der Waals surface area contributed by atoms with Crippen LogP contribution in [-0.2, 0) is 11.2 Å². The number of thiazole rings is 1. The molecule has 0 aliphatic rings. The first-order chi connectivity index (χ1) is 10.7. The molecule has 2 N–H and O–H groups in total. The van der Waals surface area contributed by atoms with Gasteiger partial charge in [0.2, 0.25) is 5.91 Å². The molecular formula is C15H16FN3O2S. The average Bonchev–Trinajstić information content (AvgIpc) is 3.01. The second-order valence-electron chi connectivity index (χ2n) is 4.51. The van der Waals surface area contributed by atoms with Crippen molar-refractivity contribution < 1.29 is 14.0 Å². The normalized spacial score (nSPS) is 10.2. The molecule has 0 radical (unpaired) electrons. The predicted octanol–water partition coefficient (Wildman–Crippen LogP) is 1.76. The van der Waals surface area contributed by atoms with Gasteiger partial charge in [0.1, 0.15) is 5.82 Å². The largest absolute Gasteiger partial charge is 0.356 e. The molecule has 1 heterocycles. The molecule has 0 saturated carbocycles. The summed E-state index contributed by atoms with van der Waals surface area (Å²) in [5, 5.41) is 8.12. The third-order valence-electron chi connectivity index (χ3n) is 2.90. The third kappa shape index (κ3) is 4.92. The Morgan fingerprint density at radius 3 is 2.73 bits per heavy atom. The number of halogens is 1. The van der Waals surface area contributed by atoms with Crippen molar-refractivity contribution in [2.24, 2.45) is 0 Å². The van der Waals surface area contributed by atoms with E-state index in [2.05, 4.69) is 15.6 Å². The lowest BCUT2D eigenvalue weighted by Crippen LogP contribution is -2.32. The minimum atomic E-state index is -0.576. The molecule has 116 valence electrons. The highest BCUT2D eigenvalue weighted by Crippen LogP contribution is 2.05. The minimum absolute atomic E-state index is 0.0216. The summed E-state index contributed by atoms with van der Waals surface area (Å²) in [5.41, 5.74) is -0.0216. The number of amides is 2. The summed E-state index contributed by atoms with van der Waals surface area (Å²) in [5.74, 6) is -1.26. The van der Waals surface area contributed by atoms with Gasteiger partial charge in [-0.25, -0.2) is 9.37 Å². The lowest BCUT2D eigenvalue weighted by molar-refractivity contribution is -0.120. The summed E-state index contributed by atoms with van der Waals surface area (Å²) < 4.78 is 13.4. The second-order valence-corrected chi connectivity index (χ2v) is 5.49. The number of rotatable bonds is 7. The van der Waals surface area contributed by atoms with Crippen molar-refractivity contribution in [1.29, 1.82) is 0 Å². The molecule has 2 rings (SSSR count). The molecule has 0 bridgehead atoms. The molecule has 0 saturated heterocycles. The van der Waals surface area contributed by atoms with E-state index in [1.165, 1.54) is 18.2 Å². The fourth-order valence-corrected chi connectivity index (χ4v) is 2.42. The van der Waals surface area contributed by atoms with E-state index < -0.39 is 11.7 Å². The summed E-state index contributed by atoms with van der Waals surface area (Å²) >= 11 is 1.54. The summed E-state index contributed by atoms with van der Waals surface area (Å²) in [6.45, 7) is 0.670. The molecule has 0 unspecified atom stereocenters. The van der Waals surface area contributed by atoms with Crippen LogP contribution in [0, 0.1) is 5.82 Å². The maximum absolute atomic E-state index is 13.4. The Hall–Kier alpha value is -2.28. The Morgan fingerprint density at radius 1 is 1.18 bits per heavy atom. The zero-order valence-electron chi connectivity index (χ0n) is 11.8. The molecule has 1 aromatic carbocycles. The zero-order valence-corrected chi connectivity index (χ0v) is 12.7. The van der Waals surface area contributed by atoms with Crippen molar-refractivity contribution in [2.75, 3.05) is 13.1 Å². The number of carbonyl (C=O) groups is 2. The van der Waals surface area contributed by atoms with Crippen molar-refractivity contribution in [3.8, 4) is 0 Å². The van der Waals surface area contributed by atoms with Crippen molar-refractivity contribution >= 4 is 23.2 Å². The van der Waals surface area contributed by atoms with E-state index in [0.717, 1.165) is 5.01 Å². The fourth-order valence-electron chi connectivity index (χ4n) is 1.80. The van der Waals surface area contributed by atoms with Gasteiger partial charge in [-0.15, -0.1) is 11.3 Å². The minimum Gasteiger partial charge on any atom is -0.356 e. The van der Waals surface area contributed by atoms with E-state index in [4.69, 9.17) is 0 Å². The second kappa shape index (κ2) is 8.23. The van der Waals surface area contributed by atoms with Crippen LogP contribution < -0.4 is 10.6 Å². The molecule has 0 fully saturated rings. The number of aromatic nitrogens is 1. The van der Waals surface area contributed by atoms with Crippen LogP contribution in [0.25, 0.3) is 0 Å². The zero-order chi connectivity index (χ0) is 15.8. The number of hydrogen-bond donors (Lipinski definition) is 2. The van der Waals surface area contributed by atoms with Gasteiger partial charge < -0.3 is 10.6 Å². The van der Waals surface area contributed by atoms with Crippen LogP contribution in [0.3, 0.4) is 0 Å². The maximum Gasteiger partial charge on any atom is 0.254 e. The van der Waals surface area contributed by atoms with Gasteiger partial charge in [-0.2, -0.15) is 0 Å². The van der Waals surface area contributed by atoms with Crippen molar-refractivity contribution in [1.82, 2.24) is 15.6 Å². The molecule has 5 nitrogen and oxygen atoms in total. The predicted molar refractivity (Wildman–Crippen MR) is 82.2 cm³/mol. The highest BCUT2D eigenvalue weighted by molar-refractivity contribution is 7.09. The van der Waals surface area contributed by atoms with Gasteiger partial charge in [0.05, 0.1) is 10.6 Å². The molecule has 0 aliphatic heterocycles. The van der Waals surface area contributed by atoms with E-state index in [0.29, 0.717) is 13.0 Å². The average molecular weight is 321 g/mol. The number of nitrogens with one attached hydrogen (secondary N) is 2. The molecule has 0 aliphatic carbocycles. The summed E-state index contributed by atoms with van der Waals surface area (Å²) in [6.07, 6.45) is 2.56. The Morgan fingerprint density at radius 2 is 2.00 bits per heavy atom. The first-order valence-corrected chi connectivity index (χ1v) is 7.72. The molecule has 22 heavy (non-hydrogen) atoms. The number of nitrogens with zero attached hydrogens (tertiary/aromatic N) is 1. The lowest BCUT2D eigenvalue weighted by atomic mass is 10.2. The van der Waals surface area contributed by atoms with Crippen LogP contribution in [-0.4, -0.2) is 29.9 Å². The molecule has 2 aromatic rings. The van der Waals surface area contributed by atoms with E-state index in [1.54, 1.807) is 23.6 Å². The number of carbonyl (C=O) groups excluding carboxylic acids is 2. The molecule has 1 aromatic heterocycles. The summed E-state index contributed by atoms with van der Waals surface area (Å²) in [4.78, 5) is 27.4. The van der Waals surface area contributed by atoms with E-state index in [-0.39, 0.29) is 24.4 Å². The van der Waals surface area contributed by atoms with Gasteiger partial charge in [0, 0.05) is 37.5 Å². The SMILES string of the molecule is O=C(CCNC(=O)c1ccccc1F)NCCc1nccs1. The van der Waals surface area contributed by atoms with Crippen LogP contribution >= 0.6 is 11.3 Å². The fraction of sp³-hybridized carbons (Fsp3) is 0.267. The highest BCUT2D eigenvalue weighted by Gasteiger charge is 2.10. The Bertz CT molecular complexity index is 631. The van der Waals surface area contributed by atoms with E-state index in [1.807, 2.05) is 5.38 Å². The Balaban J connectivity index is 1.64. The standard InChI is InChI=1S/C15H16FN3O2S/c16-12-4-2-1-3-11(12)15(21)19-7-5-13(20)17-8-6-14-18-9-10-22-14/h1-4,9-10H,5-8H2,(H,17,20)(H,19,21). The first kappa shape index (κ1) is 16.1. The van der Waals surface area contributed by atoms with Crippen LogP contribution in [0.4, 0.5) is 4.39 Å². The molecular weight excluding hydrogens is 305 g/mol. The Labute approximate surface area is 131 Å². The highest BCUT2D eigenvalue weighted by atomic mass is 32.1. The van der Waals surface area contributed by atoms with E-state index >= 15 is 0 Å². The summed E-state index contributed by atoms with van der Waals surface area (Å²) in [7, 11) is 0. The molecule has 2 amide bonds. The van der Waals surface area contributed by atoms with Gasteiger partial charge >= 0.3 is 0 Å². The van der Waals surface area contributed by atoms with Crippen LogP contribution in [0.5, 0.6) is 0 Å².